The molecule has 0 radical (unpaired) electrons. The van der Waals surface area contributed by atoms with Crippen molar-refractivity contribution in [2.24, 2.45) is 0 Å². The van der Waals surface area contributed by atoms with Crippen LogP contribution >= 0.6 is 11.8 Å². The monoisotopic (exact) mass is 795 g/mol. The topological polar surface area (TPSA) is 211 Å². The first-order chi connectivity index (χ1) is 26.8. The van der Waals surface area contributed by atoms with Gasteiger partial charge in [-0.2, -0.15) is 11.8 Å². The van der Waals surface area contributed by atoms with Crippen molar-refractivity contribution in [2.45, 2.75) is 99.3 Å². The van der Waals surface area contributed by atoms with Gasteiger partial charge in [0.15, 0.2) is 12.1 Å². The fraction of sp³-hybridized carbons (Fsp3) is 0.564. The van der Waals surface area contributed by atoms with Crippen molar-refractivity contribution in [1.29, 1.82) is 0 Å². The Morgan fingerprint density at radius 2 is 1.84 bits per heavy atom. The van der Waals surface area contributed by atoms with E-state index in [4.69, 9.17) is 23.7 Å². The van der Waals surface area contributed by atoms with Gasteiger partial charge in [0.05, 0.1) is 47.4 Å². The molecule has 2 aromatic carbocycles. The molecule has 300 valence electrons. The summed E-state index contributed by atoms with van der Waals surface area (Å²) in [5.41, 5.74) is -3.55. The van der Waals surface area contributed by atoms with Crippen molar-refractivity contribution in [3.05, 3.63) is 51.6 Å². The fourth-order valence-electron chi connectivity index (χ4n) is 9.41. The lowest BCUT2D eigenvalue weighted by atomic mass is 9.72. The Bertz CT molecular complexity index is 2010. The van der Waals surface area contributed by atoms with Crippen LogP contribution in [0.15, 0.2) is 18.2 Å². The number of phenols is 2. The number of nitrogens with one attached hydrogen (secondary N) is 1. The predicted octanol–water partition coefficient (Wildman–Crippen LogP) is 1.56. The Labute approximate surface area is 326 Å². The van der Waals surface area contributed by atoms with Crippen LogP contribution < -0.4 is 10.1 Å². The van der Waals surface area contributed by atoms with Crippen LogP contribution in [0.3, 0.4) is 0 Å². The Morgan fingerprint density at radius 1 is 1.07 bits per heavy atom. The van der Waals surface area contributed by atoms with E-state index < -0.39 is 82.3 Å². The maximum absolute atomic E-state index is 14.1. The molecule has 4 heterocycles. The first-order valence-corrected chi connectivity index (χ1v) is 20.1. The molecule has 4 N–H and O–H groups in total. The summed E-state index contributed by atoms with van der Waals surface area (Å²) < 4.78 is 30.5. The lowest BCUT2D eigenvalue weighted by molar-refractivity contribution is -0.248. The van der Waals surface area contributed by atoms with Gasteiger partial charge in [-0.3, -0.25) is 33.8 Å². The lowest BCUT2D eigenvalue weighted by Gasteiger charge is -2.43. The second-order valence-corrected chi connectivity index (χ2v) is 16.2. The summed E-state index contributed by atoms with van der Waals surface area (Å²) in [5, 5.41) is 38.2. The Hall–Kier alpha value is -4.10. The number of amides is 3. The van der Waals surface area contributed by atoms with Crippen LogP contribution in [-0.4, -0.2) is 142 Å². The van der Waals surface area contributed by atoms with Gasteiger partial charge in [-0.05, 0) is 32.1 Å². The maximum atomic E-state index is 14.1. The molecule has 17 heteroatoms. The third-order valence-corrected chi connectivity index (χ3v) is 13.1. The number of likely N-dealkylation sites (tertiary alicyclic amines) is 1. The summed E-state index contributed by atoms with van der Waals surface area (Å²) >= 11 is 1.27. The molecule has 56 heavy (non-hydrogen) atoms. The van der Waals surface area contributed by atoms with Gasteiger partial charge in [0.1, 0.15) is 35.2 Å². The Balaban J connectivity index is 1.14. The number of hydrogen-bond donors (Lipinski definition) is 4. The molecule has 0 aromatic heterocycles. The van der Waals surface area contributed by atoms with Gasteiger partial charge in [0, 0.05) is 75.2 Å². The number of hydrogen-bond acceptors (Lipinski definition) is 15. The number of thioether (sulfide) groups is 1. The second-order valence-electron chi connectivity index (χ2n) is 15.2. The van der Waals surface area contributed by atoms with Gasteiger partial charge in [-0.25, -0.2) is 0 Å². The van der Waals surface area contributed by atoms with Gasteiger partial charge >= 0.3 is 0 Å². The standard InChI is InChI=1S/C39H45N3O13S/c1-17-35-20(41-11-6-9-22(52-3)37(41)55-35)13-26(53-17)54-23-16-39(50,38(49)40-10-12-42-25(43)14-24(56-4)36(42)48)15-19-28(23)34(47)30-29(32(19)45)31(44)18-7-5-8-21(51-2)27(18)33(30)46/h5,7-8,17,20,22-24,26,35,37,45,47,50H,6,9-16H2,1-4H3,(H,40,49)/t17-,20-,22-,23-,24?,26-,35+,37+,39-/m0/s1. The Morgan fingerprint density at radius 3 is 2.55 bits per heavy atom. The minimum Gasteiger partial charge on any atom is -0.507 e. The average Bonchev–Trinajstić information content (AvgIpc) is 3.70. The third kappa shape index (κ3) is 6.10. The molecule has 1 unspecified atom stereocenters. The molecule has 8 rings (SSSR count). The Kier molecular flexibility index (Phi) is 10.2. The predicted molar refractivity (Wildman–Crippen MR) is 197 cm³/mol. The van der Waals surface area contributed by atoms with Gasteiger partial charge in [-0.15, -0.1) is 0 Å². The minimum absolute atomic E-state index is 0.0486. The largest absolute Gasteiger partial charge is 0.507 e. The second kappa shape index (κ2) is 14.7. The van der Waals surface area contributed by atoms with E-state index in [-0.39, 0.29) is 83.8 Å². The number of piperidine rings is 1. The van der Waals surface area contributed by atoms with E-state index in [1.165, 1.54) is 37.1 Å². The molecular formula is C39H45N3O13S. The van der Waals surface area contributed by atoms with Crippen LogP contribution in [0, 0.1) is 0 Å². The zero-order valence-corrected chi connectivity index (χ0v) is 32.3. The number of aliphatic hydroxyl groups is 1. The van der Waals surface area contributed by atoms with E-state index in [1.54, 1.807) is 13.4 Å². The van der Waals surface area contributed by atoms with Crippen molar-refractivity contribution in [3.63, 3.8) is 0 Å². The van der Waals surface area contributed by atoms with Crippen molar-refractivity contribution in [1.82, 2.24) is 15.1 Å². The molecule has 4 fully saturated rings. The minimum atomic E-state index is -2.29. The van der Waals surface area contributed by atoms with Crippen LogP contribution in [0.4, 0.5) is 0 Å². The maximum Gasteiger partial charge on any atom is 0.252 e. The number of benzene rings is 2. The highest BCUT2D eigenvalue weighted by molar-refractivity contribution is 8.00. The molecule has 4 aliphatic heterocycles. The van der Waals surface area contributed by atoms with Gasteiger partial charge in [0.2, 0.25) is 17.6 Å². The number of fused-ring (bicyclic) bond motifs is 6. The molecule has 3 amide bonds. The molecule has 6 aliphatic rings. The number of carbonyl (C=O) groups excluding carboxylic acids is 5. The third-order valence-electron chi connectivity index (χ3n) is 12.1. The van der Waals surface area contributed by atoms with Crippen molar-refractivity contribution >= 4 is 41.0 Å². The number of carbonyl (C=O) groups is 5. The van der Waals surface area contributed by atoms with E-state index in [0.717, 1.165) is 24.3 Å². The van der Waals surface area contributed by atoms with Gasteiger partial charge in [0.25, 0.3) is 5.91 Å². The number of ketones is 2. The fourth-order valence-corrected chi connectivity index (χ4v) is 10.1. The molecular weight excluding hydrogens is 751 g/mol. The van der Waals surface area contributed by atoms with Crippen LogP contribution in [-0.2, 0) is 39.8 Å². The zero-order chi connectivity index (χ0) is 39.8. The summed E-state index contributed by atoms with van der Waals surface area (Å²) in [6, 6.07) is 4.31. The number of methoxy groups -OCH3 is 2. The molecule has 16 nitrogen and oxygen atoms in total. The first-order valence-electron chi connectivity index (χ1n) is 18.8. The molecule has 2 aliphatic carbocycles. The molecule has 2 aromatic rings. The highest BCUT2D eigenvalue weighted by atomic mass is 32.2. The first kappa shape index (κ1) is 38.8. The summed E-state index contributed by atoms with van der Waals surface area (Å²) in [7, 11) is 3.00. The molecule has 0 saturated carbocycles. The summed E-state index contributed by atoms with van der Waals surface area (Å²) in [5.74, 6) is -4.34. The summed E-state index contributed by atoms with van der Waals surface area (Å²) in [4.78, 5) is 70.5. The lowest BCUT2D eigenvalue weighted by Crippen LogP contribution is -2.55. The molecule has 4 saturated heterocycles. The normalized spacial score (nSPS) is 32.4. The number of ether oxygens (including phenoxy) is 5. The molecule has 9 atom stereocenters. The molecule has 0 bridgehead atoms. The number of phenolic OH excluding ortho intramolecular Hbond substituents is 2. The van der Waals surface area contributed by atoms with E-state index in [0.29, 0.717) is 6.42 Å². The van der Waals surface area contributed by atoms with Crippen LogP contribution in [0.25, 0.3) is 0 Å². The van der Waals surface area contributed by atoms with Gasteiger partial charge in [-0.1, -0.05) is 12.1 Å². The average molecular weight is 796 g/mol. The van der Waals surface area contributed by atoms with Crippen LogP contribution in [0.5, 0.6) is 17.2 Å². The van der Waals surface area contributed by atoms with Crippen molar-refractivity contribution in [3.8, 4) is 17.2 Å². The number of aromatic hydroxyl groups is 2. The van der Waals surface area contributed by atoms with Gasteiger partial charge < -0.3 is 44.3 Å². The summed E-state index contributed by atoms with van der Waals surface area (Å²) in [6.45, 7) is 2.34. The van der Waals surface area contributed by atoms with Crippen molar-refractivity contribution < 1.29 is 63.0 Å². The zero-order valence-electron chi connectivity index (χ0n) is 31.4. The SMILES string of the molecule is COc1cccc2c1C(=O)c1c(O)c3c(c(O)c1C2=O)C[C@@](O)(C(=O)NCCN1C(=O)CC(SC)C1=O)C[C@@H]3O[C@H]1C[C@H]2[C@H](O[C@@H]3[C@@H](OC)CCCN32)[C@H](C)O1. The quantitative estimate of drug-likeness (QED) is 0.179. The van der Waals surface area contributed by atoms with E-state index in [2.05, 4.69) is 10.2 Å². The highest BCUT2D eigenvalue weighted by Gasteiger charge is 2.55. The highest BCUT2D eigenvalue weighted by Crippen LogP contribution is 2.53. The van der Waals surface area contributed by atoms with E-state index in [1.807, 2.05) is 6.92 Å². The van der Waals surface area contributed by atoms with Crippen LogP contribution in [0.1, 0.15) is 88.1 Å². The van der Waals surface area contributed by atoms with Crippen LogP contribution in [0.2, 0.25) is 0 Å². The van der Waals surface area contributed by atoms with E-state index >= 15 is 0 Å². The van der Waals surface area contributed by atoms with E-state index in [9.17, 15) is 39.3 Å². The number of imide groups is 1. The van der Waals surface area contributed by atoms with Crippen molar-refractivity contribution in [2.75, 3.05) is 40.1 Å². The molecule has 0 spiro atoms. The number of rotatable bonds is 9. The summed E-state index contributed by atoms with van der Waals surface area (Å²) in [6.07, 6.45) is -0.601. The number of nitrogens with zero attached hydrogens (tertiary/aromatic N) is 2. The smallest absolute Gasteiger partial charge is 0.252 e.